The molecule has 2 atom stereocenters. The van der Waals surface area contributed by atoms with Crippen LogP contribution < -0.4 is 11.0 Å². The molecular formula is C10H12FN3O4S. The van der Waals surface area contributed by atoms with Crippen LogP contribution in [0, 0.1) is 5.82 Å². The molecule has 0 spiro atoms. The van der Waals surface area contributed by atoms with E-state index in [4.69, 9.17) is 9.84 Å². The van der Waals surface area contributed by atoms with E-state index in [1.165, 1.54) is 18.7 Å². The van der Waals surface area contributed by atoms with Gasteiger partial charge in [-0.05, 0) is 0 Å². The Morgan fingerprint density at radius 2 is 2.53 bits per heavy atom. The summed E-state index contributed by atoms with van der Waals surface area (Å²) in [6.07, 6.45) is 0.974. The van der Waals surface area contributed by atoms with Crippen molar-refractivity contribution in [1.82, 2.24) is 9.55 Å². The van der Waals surface area contributed by atoms with Gasteiger partial charge in [0, 0.05) is 13.1 Å². The predicted molar refractivity (Wildman–Crippen MR) is 66.2 cm³/mol. The number of hydrogen-bond acceptors (Lipinski definition) is 6. The van der Waals surface area contributed by atoms with Crippen molar-refractivity contribution >= 4 is 23.5 Å². The molecule has 1 fully saturated rings. The molecule has 19 heavy (non-hydrogen) atoms. The van der Waals surface area contributed by atoms with Crippen molar-refractivity contribution in [3.05, 3.63) is 22.5 Å². The number of rotatable bonds is 3. The zero-order valence-electron chi connectivity index (χ0n) is 10.00. The molecule has 0 radical (unpaired) electrons. The number of aliphatic hydroxyl groups excluding tert-OH is 1. The van der Waals surface area contributed by atoms with E-state index in [0.29, 0.717) is 0 Å². The maximum absolute atomic E-state index is 13.7. The lowest BCUT2D eigenvalue weighted by molar-refractivity contribution is -0.114. The summed E-state index contributed by atoms with van der Waals surface area (Å²) >= 11 is 1.20. The lowest BCUT2D eigenvalue weighted by Gasteiger charge is -2.12. The maximum Gasteiger partial charge on any atom is 0.350 e. The van der Waals surface area contributed by atoms with Crippen molar-refractivity contribution in [3.63, 3.8) is 0 Å². The first-order valence-electron chi connectivity index (χ1n) is 5.45. The third kappa shape index (κ3) is 3.11. The van der Waals surface area contributed by atoms with Gasteiger partial charge in [-0.3, -0.25) is 9.36 Å². The Kier molecular flexibility index (Phi) is 4.17. The number of thioether (sulfide) groups is 1. The van der Waals surface area contributed by atoms with E-state index in [-0.39, 0.29) is 13.2 Å². The van der Waals surface area contributed by atoms with Gasteiger partial charge in [0.25, 0.3) is 0 Å². The van der Waals surface area contributed by atoms with E-state index in [1.54, 1.807) is 0 Å². The minimum Gasteiger partial charge on any atom is -0.393 e. The molecule has 1 saturated heterocycles. The van der Waals surface area contributed by atoms with Gasteiger partial charge in [-0.15, -0.1) is 11.8 Å². The Morgan fingerprint density at radius 3 is 3.11 bits per heavy atom. The second kappa shape index (κ2) is 5.68. The molecule has 0 bridgehead atoms. The molecule has 2 N–H and O–H groups in total. The molecule has 104 valence electrons. The average Bonchev–Trinajstić information content (AvgIpc) is 2.81. The van der Waals surface area contributed by atoms with Crippen LogP contribution in [0.3, 0.4) is 0 Å². The molecule has 1 aromatic rings. The van der Waals surface area contributed by atoms with E-state index in [2.05, 4.69) is 10.3 Å². The first-order chi connectivity index (χ1) is 9.01. The molecule has 9 heteroatoms. The van der Waals surface area contributed by atoms with E-state index >= 15 is 0 Å². The van der Waals surface area contributed by atoms with Crippen molar-refractivity contribution in [2.45, 2.75) is 17.7 Å². The second-order valence-electron chi connectivity index (χ2n) is 3.84. The van der Waals surface area contributed by atoms with Gasteiger partial charge in [0.15, 0.2) is 11.6 Å². The molecule has 1 aliphatic rings. The molecule has 0 aromatic carbocycles. The quantitative estimate of drug-likeness (QED) is 0.808. The lowest BCUT2D eigenvalue weighted by Crippen LogP contribution is -2.28. The van der Waals surface area contributed by atoms with Gasteiger partial charge >= 0.3 is 5.69 Å². The minimum absolute atomic E-state index is 0.177. The third-order valence-corrected chi connectivity index (χ3v) is 3.66. The second-order valence-corrected chi connectivity index (χ2v) is 5.19. The number of ether oxygens (including phenoxy) is 1. The number of carbonyl (C=O) groups is 1. The number of anilines is 1. The van der Waals surface area contributed by atoms with E-state index < -0.39 is 34.0 Å². The van der Waals surface area contributed by atoms with Crippen molar-refractivity contribution in [1.29, 1.82) is 0 Å². The number of aliphatic hydroxyl groups is 1. The third-order valence-electron chi connectivity index (χ3n) is 2.39. The van der Waals surface area contributed by atoms with Crippen LogP contribution in [-0.2, 0) is 9.53 Å². The normalized spacial score (nSPS) is 22.5. The van der Waals surface area contributed by atoms with E-state index in [0.717, 1.165) is 10.8 Å². The molecule has 2 rings (SSSR count). The fourth-order valence-corrected chi connectivity index (χ4v) is 2.62. The van der Waals surface area contributed by atoms with Crippen LogP contribution in [-0.4, -0.2) is 39.2 Å². The molecule has 1 aliphatic heterocycles. The first kappa shape index (κ1) is 14.0. The molecule has 7 nitrogen and oxygen atoms in total. The Morgan fingerprint density at radius 1 is 1.79 bits per heavy atom. The minimum atomic E-state index is -0.803. The molecule has 2 heterocycles. The van der Waals surface area contributed by atoms with Gasteiger partial charge in [0.2, 0.25) is 5.91 Å². The van der Waals surface area contributed by atoms with E-state index in [9.17, 15) is 14.0 Å². The predicted octanol–water partition coefficient (Wildman–Crippen LogP) is -0.0788. The van der Waals surface area contributed by atoms with Crippen LogP contribution in [0.1, 0.15) is 12.3 Å². The molecule has 1 amide bonds. The van der Waals surface area contributed by atoms with Crippen molar-refractivity contribution < 1.29 is 19.0 Å². The highest BCUT2D eigenvalue weighted by Gasteiger charge is 2.28. The largest absolute Gasteiger partial charge is 0.393 e. The molecule has 0 unspecified atom stereocenters. The topological polar surface area (TPSA) is 93.5 Å². The number of hydrogen-bond donors (Lipinski definition) is 2. The molecule has 0 saturated carbocycles. The Balaban J connectivity index is 2.26. The van der Waals surface area contributed by atoms with Crippen molar-refractivity contribution in [3.8, 4) is 0 Å². The highest BCUT2D eigenvalue weighted by Crippen LogP contribution is 2.34. The zero-order chi connectivity index (χ0) is 14.0. The molecule has 0 aliphatic carbocycles. The van der Waals surface area contributed by atoms with Crippen LogP contribution in [0.15, 0.2) is 11.0 Å². The van der Waals surface area contributed by atoms with Crippen LogP contribution in [0.2, 0.25) is 0 Å². The Bertz CT molecular complexity index is 550. The highest BCUT2D eigenvalue weighted by molar-refractivity contribution is 8.00. The number of nitrogens with one attached hydrogen (secondary N) is 1. The monoisotopic (exact) mass is 289 g/mol. The molecular weight excluding hydrogens is 277 g/mol. The van der Waals surface area contributed by atoms with Gasteiger partial charge in [0.05, 0.1) is 13.2 Å². The maximum atomic E-state index is 13.7. The summed E-state index contributed by atoms with van der Waals surface area (Å²) in [7, 11) is 0. The number of amides is 1. The summed E-state index contributed by atoms with van der Waals surface area (Å²) in [6.45, 7) is 1.19. The van der Waals surface area contributed by atoms with Gasteiger partial charge in [-0.2, -0.15) is 4.98 Å². The number of nitrogens with zero attached hydrogens (tertiary/aromatic N) is 2. The van der Waals surface area contributed by atoms with Crippen LogP contribution in [0.4, 0.5) is 10.2 Å². The van der Waals surface area contributed by atoms with Crippen LogP contribution in [0.5, 0.6) is 0 Å². The smallest absolute Gasteiger partial charge is 0.350 e. The van der Waals surface area contributed by atoms with Crippen LogP contribution in [0.25, 0.3) is 0 Å². The number of aromatic nitrogens is 2. The summed E-state index contributed by atoms with van der Waals surface area (Å²) in [4.78, 5) is 26.1. The van der Waals surface area contributed by atoms with Crippen molar-refractivity contribution in [2.75, 3.05) is 18.5 Å². The zero-order valence-corrected chi connectivity index (χ0v) is 10.8. The summed E-state index contributed by atoms with van der Waals surface area (Å²) in [5.41, 5.74) is -1.13. The highest BCUT2D eigenvalue weighted by atomic mass is 32.2. The summed E-state index contributed by atoms with van der Waals surface area (Å²) < 4.78 is 20.0. The fourth-order valence-electron chi connectivity index (χ4n) is 1.59. The summed E-state index contributed by atoms with van der Waals surface area (Å²) in [5.74, 6) is -1.71. The van der Waals surface area contributed by atoms with Crippen LogP contribution >= 0.6 is 11.8 Å². The summed E-state index contributed by atoms with van der Waals surface area (Å²) in [5, 5.41) is 10.6. The van der Waals surface area contributed by atoms with Gasteiger partial charge < -0.3 is 15.2 Å². The standard InChI is InChI=1S/C10H12FN3O4S/c1-5(16)12-9-6(11)2-14(10(17)13-9)7-4-18-8(3-15)19-7/h2,7-8,15H,3-4H2,1H3,(H,12,13,16,17)/t7-,8+/m1/s1. The fraction of sp³-hybridized carbons (Fsp3) is 0.500. The average molecular weight is 289 g/mol. The SMILES string of the molecule is CC(=O)Nc1nc(=O)n([C@H]2CO[C@H](CO)S2)cc1F. The van der Waals surface area contributed by atoms with E-state index in [1.807, 2.05) is 0 Å². The Labute approximate surface area is 111 Å². The van der Waals surface area contributed by atoms with Gasteiger partial charge in [-0.1, -0.05) is 0 Å². The number of carbonyl (C=O) groups excluding carboxylic acids is 1. The summed E-state index contributed by atoms with van der Waals surface area (Å²) in [6, 6.07) is 0. The number of halogens is 1. The Hall–Kier alpha value is -1.45. The van der Waals surface area contributed by atoms with Gasteiger partial charge in [-0.25, -0.2) is 9.18 Å². The van der Waals surface area contributed by atoms with Gasteiger partial charge in [0.1, 0.15) is 10.8 Å². The lowest BCUT2D eigenvalue weighted by atomic mass is 10.5. The molecule has 1 aromatic heterocycles. The van der Waals surface area contributed by atoms with Crippen molar-refractivity contribution in [2.24, 2.45) is 0 Å². The first-order valence-corrected chi connectivity index (χ1v) is 6.39.